The molecule has 28 heavy (non-hydrogen) atoms. The molecule has 0 aliphatic carbocycles. The van der Waals surface area contributed by atoms with Gasteiger partial charge in [0.1, 0.15) is 5.37 Å². The van der Waals surface area contributed by atoms with E-state index in [4.69, 9.17) is 0 Å². The largest absolute Gasteiger partial charge is 0.368 e. The number of benzene rings is 4. The third-order valence-corrected chi connectivity index (χ3v) is 6.74. The van der Waals surface area contributed by atoms with Crippen LogP contribution < -0.4 is 5.32 Å². The number of hydrogen-bond acceptors (Lipinski definition) is 2. The summed E-state index contributed by atoms with van der Waals surface area (Å²) < 4.78 is 0. The molecule has 2 nitrogen and oxygen atoms in total. The van der Waals surface area contributed by atoms with Gasteiger partial charge in [0.2, 0.25) is 0 Å². The van der Waals surface area contributed by atoms with Crippen LogP contribution in [-0.2, 0) is 0 Å². The number of nitrogens with one attached hydrogen (secondary N) is 2. The molecule has 134 valence electrons. The molecule has 0 radical (unpaired) electrons. The normalized spacial score (nSPS) is 15.6. The molecular weight excluding hydrogens is 360 g/mol. The lowest BCUT2D eigenvalue weighted by atomic mass is 10.0. The van der Waals surface area contributed by atoms with Crippen LogP contribution in [0.2, 0.25) is 0 Å². The first-order chi connectivity index (χ1) is 13.9. The predicted octanol–water partition coefficient (Wildman–Crippen LogP) is 7.20. The minimum absolute atomic E-state index is 0.257. The molecule has 3 heteroatoms. The summed E-state index contributed by atoms with van der Waals surface area (Å²) in [6.45, 7) is 0. The summed E-state index contributed by atoms with van der Waals surface area (Å²) in [4.78, 5) is 4.98. The van der Waals surface area contributed by atoms with Gasteiger partial charge in [-0.25, -0.2) is 0 Å². The lowest BCUT2D eigenvalue weighted by molar-refractivity contribution is 1.13. The van der Waals surface area contributed by atoms with E-state index >= 15 is 0 Å². The Morgan fingerprint density at radius 1 is 0.679 bits per heavy atom. The maximum absolute atomic E-state index is 3.67. The van der Waals surface area contributed by atoms with Gasteiger partial charge in [-0.05, 0) is 34.9 Å². The summed E-state index contributed by atoms with van der Waals surface area (Å²) >= 11 is 1.89. The van der Waals surface area contributed by atoms with Crippen molar-refractivity contribution in [1.29, 1.82) is 0 Å². The second kappa shape index (κ2) is 6.18. The van der Waals surface area contributed by atoms with Crippen molar-refractivity contribution in [2.24, 2.45) is 0 Å². The number of hydrogen-bond donors (Lipinski definition) is 2. The van der Waals surface area contributed by atoms with E-state index in [1.807, 2.05) is 11.8 Å². The van der Waals surface area contributed by atoms with Crippen LogP contribution in [0.25, 0.3) is 32.9 Å². The molecule has 6 rings (SSSR count). The molecule has 2 N–H and O–H groups in total. The van der Waals surface area contributed by atoms with E-state index in [0.717, 1.165) is 0 Å². The molecule has 4 aromatic carbocycles. The fraction of sp³-hybridized carbons (Fsp3) is 0.0400. The number of thioether (sulfide) groups is 1. The average molecular weight is 378 g/mol. The molecule has 0 amide bonds. The van der Waals surface area contributed by atoms with Gasteiger partial charge >= 0.3 is 0 Å². The van der Waals surface area contributed by atoms with Crippen LogP contribution >= 0.6 is 11.8 Å². The van der Waals surface area contributed by atoms with Crippen molar-refractivity contribution in [3.8, 4) is 11.1 Å². The number of rotatable bonds is 2. The minimum atomic E-state index is 0.257. The molecule has 1 aliphatic heterocycles. The lowest BCUT2D eigenvalue weighted by Gasteiger charge is -2.09. The van der Waals surface area contributed by atoms with Crippen molar-refractivity contribution < 1.29 is 0 Å². The predicted molar refractivity (Wildman–Crippen MR) is 120 cm³/mol. The molecule has 1 atom stereocenters. The van der Waals surface area contributed by atoms with E-state index in [-0.39, 0.29) is 5.37 Å². The third kappa shape index (κ3) is 2.44. The molecule has 5 aromatic rings. The summed E-state index contributed by atoms with van der Waals surface area (Å²) in [5, 5.41) is 6.49. The fourth-order valence-corrected chi connectivity index (χ4v) is 5.30. The van der Waals surface area contributed by atoms with Crippen LogP contribution in [0.15, 0.2) is 95.9 Å². The van der Waals surface area contributed by atoms with E-state index in [1.54, 1.807) is 0 Å². The van der Waals surface area contributed by atoms with Crippen molar-refractivity contribution in [3.05, 3.63) is 96.6 Å². The van der Waals surface area contributed by atoms with Gasteiger partial charge in [0.25, 0.3) is 0 Å². The van der Waals surface area contributed by atoms with Crippen LogP contribution in [0.1, 0.15) is 10.9 Å². The highest BCUT2D eigenvalue weighted by Gasteiger charge is 2.25. The molecule has 1 aliphatic rings. The van der Waals surface area contributed by atoms with Crippen LogP contribution in [0.3, 0.4) is 0 Å². The molecule has 0 spiro atoms. The molecule has 0 bridgehead atoms. The molecule has 1 unspecified atom stereocenters. The van der Waals surface area contributed by atoms with Gasteiger partial charge in [0.05, 0.1) is 16.1 Å². The molecule has 0 fully saturated rings. The fourth-order valence-electron chi connectivity index (χ4n) is 4.06. The van der Waals surface area contributed by atoms with Crippen molar-refractivity contribution >= 4 is 39.3 Å². The van der Waals surface area contributed by atoms with Crippen molar-refractivity contribution in [3.63, 3.8) is 0 Å². The summed E-state index contributed by atoms with van der Waals surface area (Å²) in [6.07, 6.45) is 0. The standard InChI is InChI=1S/C25H18N2S/c1-3-7-16(8-4-1)18-11-13-21-20(15-18)19-12-14-22-24(23(19)26-21)28-25(27-22)17-9-5-2-6-10-17/h1-15,25-27H. The summed E-state index contributed by atoms with van der Waals surface area (Å²) in [7, 11) is 0. The van der Waals surface area contributed by atoms with Gasteiger partial charge in [-0.3, -0.25) is 0 Å². The Bertz CT molecular complexity index is 1310. The first-order valence-corrected chi connectivity index (χ1v) is 10.4. The quantitative estimate of drug-likeness (QED) is 0.340. The Hall–Kier alpha value is -3.17. The van der Waals surface area contributed by atoms with Gasteiger partial charge in [0.15, 0.2) is 0 Å². The van der Waals surface area contributed by atoms with Crippen molar-refractivity contribution in [2.75, 3.05) is 5.32 Å². The van der Waals surface area contributed by atoms with Crippen LogP contribution in [0.4, 0.5) is 5.69 Å². The summed E-state index contributed by atoms with van der Waals surface area (Å²) in [5.74, 6) is 0. The monoisotopic (exact) mass is 378 g/mol. The Morgan fingerprint density at radius 2 is 1.46 bits per heavy atom. The Balaban J connectivity index is 1.48. The number of anilines is 1. The second-order valence-corrected chi connectivity index (χ2v) is 8.28. The maximum Gasteiger partial charge on any atom is 0.103 e. The second-order valence-electron chi connectivity index (χ2n) is 7.17. The summed E-state index contributed by atoms with van der Waals surface area (Å²) in [6, 6.07) is 32.4. The third-order valence-electron chi connectivity index (χ3n) is 5.46. The zero-order valence-corrected chi connectivity index (χ0v) is 16.0. The Kier molecular flexibility index (Phi) is 3.50. The molecule has 2 heterocycles. The van der Waals surface area contributed by atoms with Crippen LogP contribution in [0.5, 0.6) is 0 Å². The van der Waals surface area contributed by atoms with Crippen LogP contribution in [-0.4, -0.2) is 4.98 Å². The zero-order valence-electron chi connectivity index (χ0n) is 15.1. The maximum atomic E-state index is 3.67. The number of fused-ring (bicyclic) bond motifs is 5. The van der Waals surface area contributed by atoms with Gasteiger partial charge in [-0.15, -0.1) is 0 Å². The van der Waals surface area contributed by atoms with E-state index in [0.29, 0.717) is 0 Å². The Morgan fingerprint density at radius 3 is 2.29 bits per heavy atom. The molecule has 0 saturated carbocycles. The molecular formula is C25H18N2S. The average Bonchev–Trinajstić information content (AvgIpc) is 3.36. The van der Waals surface area contributed by atoms with Crippen LogP contribution in [0, 0.1) is 0 Å². The van der Waals surface area contributed by atoms with Gasteiger partial charge in [0, 0.05) is 16.3 Å². The minimum Gasteiger partial charge on any atom is -0.368 e. The number of aromatic nitrogens is 1. The van der Waals surface area contributed by atoms with E-state index in [9.17, 15) is 0 Å². The highest BCUT2D eigenvalue weighted by atomic mass is 32.2. The zero-order chi connectivity index (χ0) is 18.5. The number of H-pyrrole nitrogens is 1. The summed E-state index contributed by atoms with van der Waals surface area (Å²) in [5.41, 5.74) is 7.43. The van der Waals surface area contributed by atoms with Gasteiger partial charge in [-0.1, -0.05) is 84.6 Å². The van der Waals surface area contributed by atoms with Gasteiger partial charge in [-0.2, -0.15) is 0 Å². The van der Waals surface area contributed by atoms with E-state index in [2.05, 4.69) is 101 Å². The van der Waals surface area contributed by atoms with E-state index in [1.165, 1.54) is 49.1 Å². The SMILES string of the molecule is c1ccc(-c2ccc3[nH]c4c5c(ccc4c3c2)NC(c2ccccc2)S5)cc1. The Labute approximate surface area is 167 Å². The molecule has 1 aromatic heterocycles. The van der Waals surface area contributed by atoms with E-state index < -0.39 is 0 Å². The van der Waals surface area contributed by atoms with Crippen molar-refractivity contribution in [2.45, 2.75) is 10.3 Å². The smallest absolute Gasteiger partial charge is 0.103 e. The highest BCUT2D eigenvalue weighted by molar-refractivity contribution is 8.00. The topological polar surface area (TPSA) is 27.8 Å². The lowest BCUT2D eigenvalue weighted by Crippen LogP contribution is -2.00. The van der Waals surface area contributed by atoms with Crippen molar-refractivity contribution in [1.82, 2.24) is 4.98 Å². The number of aromatic amines is 1. The highest BCUT2D eigenvalue weighted by Crippen LogP contribution is 2.50. The first kappa shape index (κ1) is 15.8. The molecule has 0 saturated heterocycles. The first-order valence-electron chi connectivity index (χ1n) is 9.49. The van der Waals surface area contributed by atoms with Gasteiger partial charge < -0.3 is 10.3 Å².